The van der Waals surface area contributed by atoms with Gasteiger partial charge in [-0.25, -0.2) is 0 Å². The zero-order valence-electron chi connectivity index (χ0n) is 9.59. The molecule has 2 nitrogen and oxygen atoms in total. The quantitative estimate of drug-likeness (QED) is 0.832. The molecule has 0 saturated carbocycles. The number of aryl methyl sites for hydroxylation is 1. The van der Waals surface area contributed by atoms with Crippen LogP contribution < -0.4 is 5.32 Å². The fourth-order valence-electron chi connectivity index (χ4n) is 2.30. The Morgan fingerprint density at radius 1 is 1.38 bits per heavy atom. The van der Waals surface area contributed by atoms with Gasteiger partial charge in [0, 0.05) is 5.56 Å². The van der Waals surface area contributed by atoms with Crippen molar-refractivity contribution >= 4 is 11.6 Å². The molecule has 1 aliphatic rings. The van der Waals surface area contributed by atoms with Crippen LogP contribution in [0.5, 0.6) is 5.75 Å². The molecule has 0 bridgehead atoms. The van der Waals surface area contributed by atoms with E-state index in [0.717, 1.165) is 35.7 Å². The van der Waals surface area contributed by atoms with Crippen molar-refractivity contribution in [3.63, 3.8) is 0 Å². The lowest BCUT2D eigenvalue weighted by molar-refractivity contribution is 0.366. The third kappa shape index (κ3) is 2.50. The summed E-state index contributed by atoms with van der Waals surface area (Å²) < 4.78 is 0. The van der Waals surface area contributed by atoms with Gasteiger partial charge in [-0.2, -0.15) is 0 Å². The summed E-state index contributed by atoms with van der Waals surface area (Å²) in [5, 5.41) is 13.9. The molecular formula is C13H18ClNO. The monoisotopic (exact) mass is 239 g/mol. The first-order valence-electron chi connectivity index (χ1n) is 5.86. The number of rotatable bonds is 2. The van der Waals surface area contributed by atoms with Crippen LogP contribution >= 0.6 is 11.6 Å². The Labute approximate surface area is 102 Å². The molecular weight excluding hydrogens is 222 g/mol. The van der Waals surface area contributed by atoms with E-state index in [1.165, 1.54) is 12.8 Å². The van der Waals surface area contributed by atoms with Gasteiger partial charge in [0.2, 0.25) is 0 Å². The van der Waals surface area contributed by atoms with Crippen molar-refractivity contribution in [1.82, 2.24) is 5.32 Å². The van der Waals surface area contributed by atoms with Crippen LogP contribution in [0.2, 0.25) is 5.02 Å². The summed E-state index contributed by atoms with van der Waals surface area (Å²) in [6.45, 7) is 4.14. The van der Waals surface area contributed by atoms with Crippen LogP contribution in [0.15, 0.2) is 12.1 Å². The van der Waals surface area contributed by atoms with E-state index >= 15 is 0 Å². The van der Waals surface area contributed by atoms with Crippen molar-refractivity contribution < 1.29 is 5.11 Å². The molecule has 3 heteroatoms. The van der Waals surface area contributed by atoms with E-state index in [0.29, 0.717) is 11.7 Å². The molecule has 0 aliphatic carbocycles. The van der Waals surface area contributed by atoms with E-state index in [2.05, 4.69) is 5.32 Å². The standard InChI is InChI=1S/C13H18ClNO/c1-9-2-3-12(16)11(13(9)14)8-10-4-6-15-7-5-10/h2-3,10,15-16H,4-8H2,1H3. The van der Waals surface area contributed by atoms with Crippen LogP contribution in [0, 0.1) is 12.8 Å². The summed E-state index contributed by atoms with van der Waals surface area (Å²) in [7, 11) is 0. The molecule has 1 aromatic carbocycles. The molecule has 0 spiro atoms. The van der Waals surface area contributed by atoms with Gasteiger partial charge in [0.15, 0.2) is 0 Å². The third-order valence-electron chi connectivity index (χ3n) is 3.36. The summed E-state index contributed by atoms with van der Waals surface area (Å²) in [5.74, 6) is 0.987. The number of hydrogen-bond acceptors (Lipinski definition) is 2. The van der Waals surface area contributed by atoms with Crippen LogP contribution in [0.25, 0.3) is 0 Å². The van der Waals surface area contributed by atoms with E-state index in [-0.39, 0.29) is 0 Å². The van der Waals surface area contributed by atoms with Gasteiger partial charge < -0.3 is 10.4 Å². The molecule has 16 heavy (non-hydrogen) atoms. The fourth-order valence-corrected chi connectivity index (χ4v) is 2.53. The largest absolute Gasteiger partial charge is 0.508 e. The second-order valence-electron chi connectivity index (χ2n) is 4.59. The molecule has 0 atom stereocenters. The number of aromatic hydroxyl groups is 1. The molecule has 0 radical (unpaired) electrons. The molecule has 1 heterocycles. The zero-order chi connectivity index (χ0) is 11.5. The van der Waals surface area contributed by atoms with Gasteiger partial charge in [0.1, 0.15) is 5.75 Å². The predicted octanol–water partition coefficient (Wildman–Crippen LogP) is 2.90. The van der Waals surface area contributed by atoms with Gasteiger partial charge in [0.25, 0.3) is 0 Å². The summed E-state index contributed by atoms with van der Waals surface area (Å²) in [6, 6.07) is 3.61. The van der Waals surface area contributed by atoms with E-state index in [4.69, 9.17) is 11.6 Å². The predicted molar refractivity (Wildman–Crippen MR) is 67.2 cm³/mol. The Balaban J connectivity index is 2.16. The van der Waals surface area contributed by atoms with Gasteiger partial charge >= 0.3 is 0 Å². The maximum absolute atomic E-state index is 9.85. The van der Waals surface area contributed by atoms with Crippen molar-refractivity contribution in [2.75, 3.05) is 13.1 Å². The van der Waals surface area contributed by atoms with E-state index in [1.807, 2.05) is 13.0 Å². The number of piperidine rings is 1. The van der Waals surface area contributed by atoms with Crippen molar-refractivity contribution in [2.24, 2.45) is 5.92 Å². The fraction of sp³-hybridized carbons (Fsp3) is 0.538. The zero-order valence-corrected chi connectivity index (χ0v) is 10.3. The number of phenols is 1. The van der Waals surface area contributed by atoms with E-state index in [9.17, 15) is 5.11 Å². The van der Waals surface area contributed by atoms with Crippen molar-refractivity contribution in [1.29, 1.82) is 0 Å². The van der Waals surface area contributed by atoms with Crippen LogP contribution in [0.4, 0.5) is 0 Å². The van der Waals surface area contributed by atoms with E-state index in [1.54, 1.807) is 6.07 Å². The normalized spacial score (nSPS) is 17.6. The molecule has 88 valence electrons. The second kappa shape index (κ2) is 5.07. The minimum atomic E-state index is 0.342. The summed E-state index contributed by atoms with van der Waals surface area (Å²) >= 11 is 6.24. The van der Waals surface area contributed by atoms with Crippen LogP contribution in [-0.4, -0.2) is 18.2 Å². The average Bonchev–Trinajstić information content (AvgIpc) is 2.31. The Morgan fingerprint density at radius 2 is 2.06 bits per heavy atom. The molecule has 2 rings (SSSR count). The number of halogens is 1. The minimum Gasteiger partial charge on any atom is -0.508 e. The lowest BCUT2D eigenvalue weighted by Crippen LogP contribution is -2.28. The van der Waals surface area contributed by atoms with Crippen LogP contribution in [0.3, 0.4) is 0 Å². The first-order valence-corrected chi connectivity index (χ1v) is 6.24. The molecule has 1 aromatic rings. The number of hydrogen-bond donors (Lipinski definition) is 2. The highest BCUT2D eigenvalue weighted by Gasteiger charge is 2.17. The molecule has 2 N–H and O–H groups in total. The van der Waals surface area contributed by atoms with Crippen LogP contribution in [0.1, 0.15) is 24.0 Å². The highest BCUT2D eigenvalue weighted by molar-refractivity contribution is 6.32. The summed E-state index contributed by atoms with van der Waals surface area (Å²) in [6.07, 6.45) is 3.24. The molecule has 0 aromatic heterocycles. The Morgan fingerprint density at radius 3 is 2.75 bits per heavy atom. The smallest absolute Gasteiger partial charge is 0.120 e. The first-order chi connectivity index (χ1) is 7.68. The summed E-state index contributed by atoms with van der Waals surface area (Å²) in [5.41, 5.74) is 1.97. The summed E-state index contributed by atoms with van der Waals surface area (Å²) in [4.78, 5) is 0. The maximum atomic E-state index is 9.85. The van der Waals surface area contributed by atoms with Crippen molar-refractivity contribution in [2.45, 2.75) is 26.2 Å². The second-order valence-corrected chi connectivity index (χ2v) is 4.97. The highest BCUT2D eigenvalue weighted by atomic mass is 35.5. The van der Waals surface area contributed by atoms with Gasteiger partial charge in [-0.3, -0.25) is 0 Å². The van der Waals surface area contributed by atoms with Crippen molar-refractivity contribution in [3.8, 4) is 5.75 Å². The Bertz CT molecular complexity index is 372. The lowest BCUT2D eigenvalue weighted by Gasteiger charge is -2.23. The van der Waals surface area contributed by atoms with Crippen LogP contribution in [-0.2, 0) is 6.42 Å². The molecule has 1 saturated heterocycles. The molecule has 0 amide bonds. The maximum Gasteiger partial charge on any atom is 0.120 e. The Hall–Kier alpha value is -0.730. The first kappa shape index (κ1) is 11.7. The highest BCUT2D eigenvalue weighted by Crippen LogP contribution is 2.32. The third-order valence-corrected chi connectivity index (χ3v) is 3.89. The van der Waals surface area contributed by atoms with Gasteiger partial charge in [-0.05, 0) is 56.8 Å². The molecule has 1 fully saturated rings. The van der Waals surface area contributed by atoms with Gasteiger partial charge in [0.05, 0.1) is 5.02 Å². The van der Waals surface area contributed by atoms with Gasteiger partial charge in [-0.15, -0.1) is 0 Å². The molecule has 0 unspecified atom stereocenters. The van der Waals surface area contributed by atoms with E-state index < -0.39 is 0 Å². The lowest BCUT2D eigenvalue weighted by atomic mass is 9.90. The topological polar surface area (TPSA) is 32.3 Å². The number of phenolic OH excluding ortho intramolecular Hbond substituents is 1. The average molecular weight is 240 g/mol. The van der Waals surface area contributed by atoms with Crippen molar-refractivity contribution in [3.05, 3.63) is 28.3 Å². The minimum absolute atomic E-state index is 0.342. The number of benzene rings is 1. The van der Waals surface area contributed by atoms with Gasteiger partial charge in [-0.1, -0.05) is 17.7 Å². The Kier molecular flexibility index (Phi) is 3.72. The SMILES string of the molecule is Cc1ccc(O)c(CC2CCNCC2)c1Cl. The number of nitrogens with one attached hydrogen (secondary N) is 1. The molecule has 1 aliphatic heterocycles.